The van der Waals surface area contributed by atoms with Crippen molar-refractivity contribution in [3.63, 3.8) is 0 Å². The highest BCUT2D eigenvalue weighted by Gasteiger charge is 2.78. The molecule has 7 rings (SSSR count). The van der Waals surface area contributed by atoms with E-state index in [2.05, 4.69) is 5.32 Å². The summed E-state index contributed by atoms with van der Waals surface area (Å²) >= 11 is 5.79. The Bertz CT molecular complexity index is 2410. The molecule has 1 saturated heterocycles. The molecule has 65 heavy (non-hydrogen) atoms. The van der Waals surface area contributed by atoms with Crippen LogP contribution in [0.5, 0.6) is 0 Å². The number of aliphatic hydroxyl groups is 2. The molecule has 17 heteroatoms. The van der Waals surface area contributed by atoms with Crippen LogP contribution in [-0.2, 0) is 47.6 Å². The molecule has 0 aromatic heterocycles. The zero-order valence-corrected chi connectivity index (χ0v) is 37.2. The van der Waals surface area contributed by atoms with Crippen molar-refractivity contribution < 1.29 is 72.2 Å². The Morgan fingerprint density at radius 2 is 1.42 bits per heavy atom. The van der Waals surface area contributed by atoms with Crippen molar-refractivity contribution in [2.45, 2.75) is 108 Å². The maximum Gasteiger partial charge on any atom is 0.404 e. The lowest BCUT2D eigenvalue weighted by Gasteiger charge is -2.67. The molecule has 0 radical (unpaired) electrons. The molecule has 11 atom stereocenters. The molecule has 2 saturated carbocycles. The van der Waals surface area contributed by atoms with Gasteiger partial charge in [-0.05, 0) is 54.8 Å². The average Bonchev–Trinajstić information content (AvgIpc) is 3.26. The molecule has 1 aliphatic heterocycles. The number of Topliss-reactive ketones (excluding diaryl/α,β-unsaturated/α-hetero) is 1. The normalized spacial score (nSPS) is 30.8. The first-order valence-corrected chi connectivity index (χ1v) is 21.4. The zero-order chi connectivity index (χ0) is 47.2. The number of fused-ring (bicyclic) bond motifs is 5. The second-order valence-corrected chi connectivity index (χ2v) is 18.0. The van der Waals surface area contributed by atoms with Crippen LogP contribution in [0.1, 0.15) is 86.7 Å². The van der Waals surface area contributed by atoms with E-state index < -0.39 is 118 Å². The topological polar surface area (TPSA) is 227 Å². The lowest BCUT2D eigenvalue weighted by molar-refractivity contribution is -0.346. The molecule has 344 valence electrons. The van der Waals surface area contributed by atoms with Crippen LogP contribution in [0.15, 0.2) is 102 Å². The van der Waals surface area contributed by atoms with Crippen LogP contribution in [0.3, 0.4) is 0 Å². The maximum absolute atomic E-state index is 15.6. The predicted molar refractivity (Wildman–Crippen MR) is 228 cm³/mol. The fourth-order valence-corrected chi connectivity index (χ4v) is 10.5. The number of amides is 1. The van der Waals surface area contributed by atoms with Crippen LogP contribution in [-0.4, -0.2) is 106 Å². The third-order valence-electron chi connectivity index (χ3n) is 13.7. The second-order valence-electron chi connectivity index (χ2n) is 17.7. The van der Waals surface area contributed by atoms with E-state index in [4.69, 9.17) is 40.0 Å². The number of esters is 4. The molecule has 4 aliphatic rings. The van der Waals surface area contributed by atoms with Crippen LogP contribution in [0.2, 0.25) is 0 Å². The van der Waals surface area contributed by atoms with Crippen molar-refractivity contribution in [2.75, 3.05) is 6.61 Å². The minimum absolute atomic E-state index is 0.0436. The molecule has 1 amide bonds. The Balaban J connectivity index is 1.42. The van der Waals surface area contributed by atoms with E-state index in [1.54, 1.807) is 66.7 Å². The number of carbonyl (C=O) groups excluding carboxylic acids is 7. The number of nitrogens with one attached hydrogen (secondary N) is 1. The van der Waals surface area contributed by atoms with Crippen molar-refractivity contribution >= 4 is 52.6 Å². The van der Waals surface area contributed by atoms with Crippen molar-refractivity contribution in [3.8, 4) is 0 Å². The van der Waals surface area contributed by atoms with Crippen molar-refractivity contribution in [3.05, 3.63) is 119 Å². The maximum atomic E-state index is 15.6. The van der Waals surface area contributed by atoms with Crippen molar-refractivity contribution in [1.29, 1.82) is 0 Å². The van der Waals surface area contributed by atoms with Gasteiger partial charge in [-0.3, -0.25) is 19.2 Å². The highest BCUT2D eigenvalue weighted by molar-refractivity contribution is 6.61. The third-order valence-corrected chi connectivity index (χ3v) is 13.8. The van der Waals surface area contributed by atoms with Crippen LogP contribution < -0.4 is 5.32 Å². The molecule has 0 unspecified atom stereocenters. The molecular formula is C48H50ClNO15. The van der Waals surface area contributed by atoms with Gasteiger partial charge in [-0.1, -0.05) is 80.6 Å². The number of aliphatic hydroxyl groups excluding tert-OH is 1. The molecule has 3 fully saturated rings. The summed E-state index contributed by atoms with van der Waals surface area (Å²) in [6, 6.07) is 22.5. The summed E-state index contributed by atoms with van der Waals surface area (Å²) in [5, 5.41) is 28.6. The van der Waals surface area contributed by atoms with Gasteiger partial charge in [0, 0.05) is 49.3 Å². The van der Waals surface area contributed by atoms with Gasteiger partial charge in [-0.2, -0.15) is 0 Å². The predicted octanol–water partition coefficient (Wildman–Crippen LogP) is 5.12. The van der Waals surface area contributed by atoms with Gasteiger partial charge >= 0.3 is 29.3 Å². The summed E-state index contributed by atoms with van der Waals surface area (Å²) in [5.74, 6) is -7.09. The molecule has 1 heterocycles. The van der Waals surface area contributed by atoms with E-state index in [1.165, 1.54) is 52.0 Å². The van der Waals surface area contributed by atoms with Crippen LogP contribution in [0.25, 0.3) is 0 Å². The zero-order valence-electron chi connectivity index (χ0n) is 36.5. The Morgan fingerprint density at radius 3 is 1.95 bits per heavy atom. The van der Waals surface area contributed by atoms with Crippen LogP contribution in [0.4, 0.5) is 4.79 Å². The number of hydrogen-bond donors (Lipinski definition) is 3. The van der Waals surface area contributed by atoms with Gasteiger partial charge in [0.25, 0.3) is 5.91 Å². The summed E-state index contributed by atoms with van der Waals surface area (Å²) in [6.07, 6.45) is -10.8. The number of ketones is 1. The van der Waals surface area contributed by atoms with E-state index in [-0.39, 0.29) is 35.3 Å². The lowest BCUT2D eigenvalue weighted by Crippen LogP contribution is -2.82. The number of carbonyl (C=O) groups is 7. The minimum Gasteiger partial charge on any atom is -0.455 e. The summed E-state index contributed by atoms with van der Waals surface area (Å²) in [5.41, 5.74) is -8.87. The monoisotopic (exact) mass is 915 g/mol. The Hall–Kier alpha value is -5.94. The van der Waals surface area contributed by atoms with Gasteiger partial charge in [0.1, 0.15) is 30.0 Å². The first kappa shape index (κ1) is 47.0. The average molecular weight is 916 g/mol. The molecule has 3 aromatic carbocycles. The molecule has 3 N–H and O–H groups in total. The highest BCUT2D eigenvalue weighted by atomic mass is 35.5. The number of halogens is 1. The molecular weight excluding hydrogens is 866 g/mol. The van der Waals surface area contributed by atoms with Crippen LogP contribution in [0, 0.1) is 16.7 Å². The molecule has 2 bridgehead atoms. The summed E-state index contributed by atoms with van der Waals surface area (Å²) < 4.78 is 35.9. The fourth-order valence-electron chi connectivity index (χ4n) is 10.4. The van der Waals surface area contributed by atoms with E-state index in [0.29, 0.717) is 5.56 Å². The van der Waals surface area contributed by atoms with Gasteiger partial charge in [0.15, 0.2) is 17.5 Å². The van der Waals surface area contributed by atoms with Gasteiger partial charge in [0.2, 0.25) is 6.10 Å². The number of hydrogen-bond acceptors (Lipinski definition) is 15. The number of rotatable bonds is 11. The lowest BCUT2D eigenvalue weighted by atomic mass is 9.44. The van der Waals surface area contributed by atoms with E-state index in [9.17, 15) is 39.0 Å². The van der Waals surface area contributed by atoms with Crippen molar-refractivity contribution in [2.24, 2.45) is 16.7 Å². The van der Waals surface area contributed by atoms with Gasteiger partial charge in [0.05, 0.1) is 29.6 Å². The molecule has 0 spiro atoms. The molecule has 3 aliphatic carbocycles. The van der Waals surface area contributed by atoms with Crippen LogP contribution >= 0.6 is 11.6 Å². The smallest absolute Gasteiger partial charge is 0.404 e. The summed E-state index contributed by atoms with van der Waals surface area (Å²) in [7, 11) is 0. The fraction of sp³-hybridized carbons (Fsp3) is 0.438. The Morgan fingerprint density at radius 1 is 0.831 bits per heavy atom. The SMILES string of the molecule is CC(=O)O[C@H]1C(=O)[C@@]2(C)[C@H]([C@H](OC(=O)c3ccccc3)[C@]3(O)C[C@H](OC(=O)[C@H](OC(=O)Cl)[C@@H](NC(=O)c4ccccc4)c4ccccc4)C(C)=C1C3(C)C)[C@]1(OC(C)=O)CO[C@@H]1C[C@@H]2O. The second kappa shape index (κ2) is 17.8. The van der Waals surface area contributed by atoms with Crippen molar-refractivity contribution in [1.82, 2.24) is 5.32 Å². The first-order chi connectivity index (χ1) is 30.7. The molecule has 3 aromatic rings. The Kier molecular flexibility index (Phi) is 12.9. The third kappa shape index (κ3) is 8.21. The van der Waals surface area contributed by atoms with Gasteiger partial charge in [-0.15, -0.1) is 0 Å². The van der Waals surface area contributed by atoms with Gasteiger partial charge < -0.3 is 44.0 Å². The Labute approximate surface area is 379 Å². The highest BCUT2D eigenvalue weighted by Crippen LogP contribution is 2.64. The first-order valence-electron chi connectivity index (χ1n) is 21.0. The van der Waals surface area contributed by atoms with Gasteiger partial charge in [-0.25, -0.2) is 14.4 Å². The molecule has 16 nitrogen and oxygen atoms in total. The quantitative estimate of drug-likeness (QED) is 0.0982. The minimum atomic E-state index is -2.45. The number of ether oxygens (including phenoxy) is 6. The van der Waals surface area contributed by atoms with E-state index in [1.807, 2.05) is 0 Å². The standard InChI is InChI=1S/C48H50ClNO15/c1-25-31(62-43(57)37(63-44(49)58)35(28-16-10-7-11-17-28)50-41(55)29-18-12-8-13-19-29)23-48(59)40(64-42(56)30-20-14-9-15-21-30)38-46(6,32(53)22-33-47(38,24-60-33)65-27(3)52)39(54)36(61-26(2)51)34(25)45(48,4)5/h7-21,31-33,35-38,40,53,59H,22-24H2,1-6H3,(H,50,55)/t31-,32-,33+,35-,36+,37+,38-,40-,46+,47-,48+/m0/s1. The largest absolute Gasteiger partial charge is 0.455 e. The van der Waals surface area contributed by atoms with E-state index in [0.717, 1.165) is 13.8 Å². The summed E-state index contributed by atoms with van der Waals surface area (Å²) in [6.45, 7) is 7.81. The van der Waals surface area contributed by atoms with E-state index >= 15 is 4.79 Å². The number of benzene rings is 3. The summed E-state index contributed by atoms with van der Waals surface area (Å²) in [4.78, 5) is 97.0.